The normalized spacial score (nSPS) is 24.0. The fourth-order valence-corrected chi connectivity index (χ4v) is 1.30. The summed E-state index contributed by atoms with van der Waals surface area (Å²) in [7, 11) is 0. The maximum Gasteiger partial charge on any atom is 0.105 e. The third kappa shape index (κ3) is 1.44. The Morgan fingerprint density at radius 3 is 2.00 bits per heavy atom. The van der Waals surface area contributed by atoms with Crippen LogP contribution in [0.5, 0.6) is 0 Å². The van der Waals surface area contributed by atoms with Gasteiger partial charge in [0.15, 0.2) is 0 Å². The van der Waals surface area contributed by atoms with E-state index in [0.29, 0.717) is 5.92 Å². The Kier molecular flexibility index (Phi) is 2.09. The highest BCUT2D eigenvalue weighted by Crippen LogP contribution is 2.34. The maximum absolute atomic E-state index is 13.0. The minimum absolute atomic E-state index is 0.232. The lowest BCUT2D eigenvalue weighted by atomic mass is 9.78. The second-order valence-corrected chi connectivity index (χ2v) is 3.38. The summed E-state index contributed by atoms with van der Waals surface area (Å²) < 4.78 is 13.0. The van der Waals surface area contributed by atoms with E-state index in [2.05, 4.69) is 0 Å². The molecule has 0 spiro atoms. The molecule has 0 nitrogen and oxygen atoms in total. The lowest BCUT2D eigenvalue weighted by molar-refractivity contribution is 0.108. The summed E-state index contributed by atoms with van der Waals surface area (Å²) >= 11 is 0. The van der Waals surface area contributed by atoms with E-state index in [1.807, 2.05) is 13.8 Å². The van der Waals surface area contributed by atoms with Gasteiger partial charge in [-0.2, -0.15) is 0 Å². The molecule has 0 aromatic carbocycles. The van der Waals surface area contributed by atoms with Crippen LogP contribution in [0, 0.1) is 11.8 Å². The molecule has 54 valence electrons. The van der Waals surface area contributed by atoms with Gasteiger partial charge in [0.1, 0.15) is 6.17 Å². The van der Waals surface area contributed by atoms with Crippen molar-refractivity contribution in [1.29, 1.82) is 0 Å². The van der Waals surface area contributed by atoms with Gasteiger partial charge in [0.2, 0.25) is 0 Å². The largest absolute Gasteiger partial charge is 0.247 e. The molecule has 1 atom stereocenters. The third-order valence-corrected chi connectivity index (χ3v) is 2.24. The van der Waals surface area contributed by atoms with Crippen LogP contribution in [-0.4, -0.2) is 6.17 Å². The van der Waals surface area contributed by atoms with Gasteiger partial charge in [-0.25, -0.2) is 4.39 Å². The van der Waals surface area contributed by atoms with Gasteiger partial charge in [0.25, 0.3) is 0 Å². The Morgan fingerprint density at radius 1 is 1.33 bits per heavy atom. The van der Waals surface area contributed by atoms with E-state index in [0.717, 1.165) is 12.8 Å². The Balaban J connectivity index is 2.23. The maximum atomic E-state index is 13.0. The smallest absolute Gasteiger partial charge is 0.105 e. The number of hydrogen-bond donors (Lipinski definition) is 0. The van der Waals surface area contributed by atoms with Crippen molar-refractivity contribution < 1.29 is 4.39 Å². The van der Waals surface area contributed by atoms with Crippen molar-refractivity contribution in [3.8, 4) is 0 Å². The second kappa shape index (κ2) is 2.68. The van der Waals surface area contributed by atoms with Gasteiger partial charge in [0.05, 0.1) is 0 Å². The molecule has 0 radical (unpaired) electrons. The molecule has 1 aliphatic carbocycles. The monoisotopic (exact) mass is 130 g/mol. The van der Waals surface area contributed by atoms with Gasteiger partial charge < -0.3 is 0 Å². The van der Waals surface area contributed by atoms with Crippen molar-refractivity contribution in [2.45, 2.75) is 39.3 Å². The quantitative estimate of drug-likeness (QED) is 0.539. The first-order chi connectivity index (χ1) is 4.22. The van der Waals surface area contributed by atoms with E-state index < -0.39 is 6.17 Å². The molecule has 0 amide bonds. The van der Waals surface area contributed by atoms with E-state index in [9.17, 15) is 4.39 Å². The van der Waals surface area contributed by atoms with Crippen molar-refractivity contribution >= 4 is 0 Å². The fourth-order valence-electron chi connectivity index (χ4n) is 1.30. The fraction of sp³-hybridized carbons (Fsp3) is 1.00. The molecule has 1 unspecified atom stereocenters. The highest BCUT2D eigenvalue weighted by atomic mass is 19.1. The minimum Gasteiger partial charge on any atom is -0.247 e. The van der Waals surface area contributed by atoms with Crippen molar-refractivity contribution in [1.82, 2.24) is 0 Å². The number of rotatable bonds is 2. The predicted octanol–water partition coefficient (Wildman–Crippen LogP) is 2.78. The Bertz CT molecular complexity index is 84.6. The summed E-state index contributed by atoms with van der Waals surface area (Å²) in [5.74, 6) is 0.639. The summed E-state index contributed by atoms with van der Waals surface area (Å²) in [5, 5.41) is 0. The van der Waals surface area contributed by atoms with Gasteiger partial charge in [-0.1, -0.05) is 20.3 Å². The van der Waals surface area contributed by atoms with Crippen molar-refractivity contribution in [3.05, 3.63) is 0 Å². The molecule has 0 N–H and O–H groups in total. The van der Waals surface area contributed by atoms with Gasteiger partial charge in [-0.05, 0) is 24.7 Å². The van der Waals surface area contributed by atoms with Crippen LogP contribution in [0.4, 0.5) is 4.39 Å². The Morgan fingerprint density at radius 2 is 1.89 bits per heavy atom. The molecule has 1 rings (SSSR count). The van der Waals surface area contributed by atoms with Crippen LogP contribution < -0.4 is 0 Å². The standard InChI is InChI=1S/C8H15F/c1-6(2)8(9)7-4-3-5-7/h6-8H,3-5H2,1-2H3. The van der Waals surface area contributed by atoms with E-state index >= 15 is 0 Å². The summed E-state index contributed by atoms with van der Waals surface area (Å²) in [6.45, 7) is 3.92. The average Bonchev–Trinajstić information content (AvgIpc) is 1.60. The molecule has 0 bridgehead atoms. The van der Waals surface area contributed by atoms with Crippen LogP contribution >= 0.6 is 0 Å². The summed E-state index contributed by atoms with van der Waals surface area (Å²) in [6.07, 6.45) is 2.97. The second-order valence-electron chi connectivity index (χ2n) is 3.38. The molecule has 0 saturated heterocycles. The van der Waals surface area contributed by atoms with E-state index in [-0.39, 0.29) is 5.92 Å². The summed E-state index contributed by atoms with van der Waals surface area (Å²) in [5.41, 5.74) is 0. The lowest BCUT2D eigenvalue weighted by Crippen LogP contribution is -2.27. The van der Waals surface area contributed by atoms with Gasteiger partial charge in [-0.3, -0.25) is 0 Å². The van der Waals surface area contributed by atoms with Crippen LogP contribution in [0.2, 0.25) is 0 Å². The van der Waals surface area contributed by atoms with Gasteiger partial charge in [-0.15, -0.1) is 0 Å². The molecule has 1 fully saturated rings. The molecule has 1 aliphatic rings. The summed E-state index contributed by atoms with van der Waals surface area (Å²) in [6, 6.07) is 0. The van der Waals surface area contributed by atoms with E-state index in [1.54, 1.807) is 0 Å². The number of alkyl halides is 1. The van der Waals surface area contributed by atoms with Gasteiger partial charge >= 0.3 is 0 Å². The van der Waals surface area contributed by atoms with Crippen LogP contribution in [0.3, 0.4) is 0 Å². The molecule has 9 heavy (non-hydrogen) atoms. The van der Waals surface area contributed by atoms with E-state index in [4.69, 9.17) is 0 Å². The predicted molar refractivity (Wildman–Crippen MR) is 37.1 cm³/mol. The van der Waals surface area contributed by atoms with Crippen LogP contribution in [0.15, 0.2) is 0 Å². The van der Waals surface area contributed by atoms with Gasteiger partial charge in [0, 0.05) is 0 Å². The first kappa shape index (κ1) is 7.04. The first-order valence-corrected chi connectivity index (χ1v) is 3.86. The first-order valence-electron chi connectivity index (χ1n) is 3.86. The molecule has 0 aliphatic heterocycles. The Hall–Kier alpha value is -0.0700. The Labute approximate surface area is 56.5 Å². The zero-order chi connectivity index (χ0) is 6.85. The number of hydrogen-bond acceptors (Lipinski definition) is 0. The van der Waals surface area contributed by atoms with E-state index in [1.165, 1.54) is 6.42 Å². The average molecular weight is 130 g/mol. The highest BCUT2D eigenvalue weighted by Gasteiger charge is 2.28. The van der Waals surface area contributed by atoms with Crippen LogP contribution in [-0.2, 0) is 0 Å². The molecule has 1 saturated carbocycles. The zero-order valence-corrected chi connectivity index (χ0v) is 6.23. The number of halogens is 1. The SMILES string of the molecule is CC(C)C(F)C1CCC1. The van der Waals surface area contributed by atoms with Crippen LogP contribution in [0.1, 0.15) is 33.1 Å². The molecule has 1 heteroatoms. The summed E-state index contributed by atoms with van der Waals surface area (Å²) in [4.78, 5) is 0. The highest BCUT2D eigenvalue weighted by molar-refractivity contribution is 4.78. The third-order valence-electron chi connectivity index (χ3n) is 2.24. The van der Waals surface area contributed by atoms with Crippen LogP contribution in [0.25, 0.3) is 0 Å². The van der Waals surface area contributed by atoms with Crippen molar-refractivity contribution in [3.63, 3.8) is 0 Å². The molecule has 0 aromatic heterocycles. The van der Waals surface area contributed by atoms with Crippen molar-refractivity contribution in [2.24, 2.45) is 11.8 Å². The molecule has 0 heterocycles. The minimum atomic E-state index is -0.529. The van der Waals surface area contributed by atoms with Crippen molar-refractivity contribution in [2.75, 3.05) is 0 Å². The lowest BCUT2D eigenvalue weighted by Gasteiger charge is -2.30. The topological polar surface area (TPSA) is 0 Å². The zero-order valence-electron chi connectivity index (χ0n) is 6.23. The molecular weight excluding hydrogens is 115 g/mol. The molecule has 0 aromatic rings. The molecular formula is C8H15F.